The normalized spacial score (nSPS) is 10.3. The van der Waals surface area contributed by atoms with E-state index in [2.05, 4.69) is 16.0 Å². The van der Waals surface area contributed by atoms with Gasteiger partial charge in [0.2, 0.25) is 5.78 Å². The van der Waals surface area contributed by atoms with Gasteiger partial charge in [-0.15, -0.1) is 0 Å². The first kappa shape index (κ1) is 15.3. The molecule has 3 rings (SSSR count). The van der Waals surface area contributed by atoms with Crippen LogP contribution < -0.4 is 0 Å². The van der Waals surface area contributed by atoms with Crippen LogP contribution in [0, 0.1) is 11.3 Å². The molecule has 0 unspecified atom stereocenters. The Balaban J connectivity index is 1.90. The Kier molecular flexibility index (Phi) is 4.16. The minimum absolute atomic E-state index is 0.226. The monoisotopic (exact) mass is 341 g/mol. The summed E-state index contributed by atoms with van der Waals surface area (Å²) in [6.45, 7) is 0. The number of aromatic amines is 1. The Labute approximate surface area is 142 Å². The van der Waals surface area contributed by atoms with Crippen molar-refractivity contribution in [3.05, 3.63) is 75.5 Å². The zero-order valence-corrected chi connectivity index (χ0v) is 13.2. The predicted octanol–water partition coefficient (Wildman–Crippen LogP) is 4.49. The summed E-state index contributed by atoms with van der Waals surface area (Å²) >= 11 is 11.8. The van der Waals surface area contributed by atoms with Crippen molar-refractivity contribution in [2.45, 2.75) is 0 Å². The van der Waals surface area contributed by atoms with Gasteiger partial charge < -0.3 is 4.98 Å². The minimum Gasteiger partial charge on any atom is -0.335 e. The average molecular weight is 342 g/mol. The number of nitrogens with one attached hydrogen (secondary N) is 1. The van der Waals surface area contributed by atoms with Crippen molar-refractivity contribution < 1.29 is 4.79 Å². The highest BCUT2D eigenvalue weighted by Crippen LogP contribution is 2.24. The Morgan fingerprint density at radius 1 is 1.09 bits per heavy atom. The van der Waals surface area contributed by atoms with Crippen LogP contribution in [0.15, 0.2) is 48.7 Å². The molecule has 1 heterocycles. The number of H-pyrrole nitrogens is 1. The molecule has 0 aliphatic rings. The van der Waals surface area contributed by atoms with E-state index < -0.39 is 0 Å². The lowest BCUT2D eigenvalue weighted by Gasteiger charge is -2.01. The molecule has 1 aromatic heterocycles. The van der Waals surface area contributed by atoms with Crippen molar-refractivity contribution in [1.82, 2.24) is 9.97 Å². The zero-order chi connectivity index (χ0) is 16.4. The van der Waals surface area contributed by atoms with Crippen molar-refractivity contribution >= 4 is 29.0 Å². The summed E-state index contributed by atoms with van der Waals surface area (Å²) in [4.78, 5) is 19.6. The van der Waals surface area contributed by atoms with E-state index in [9.17, 15) is 4.79 Å². The van der Waals surface area contributed by atoms with E-state index in [4.69, 9.17) is 28.5 Å². The molecular formula is C17H9Cl2N3O. The number of hydrogen-bond acceptors (Lipinski definition) is 3. The third kappa shape index (κ3) is 3.11. The summed E-state index contributed by atoms with van der Waals surface area (Å²) in [5.41, 5.74) is 2.13. The molecule has 1 N–H and O–H groups in total. The third-order valence-electron chi connectivity index (χ3n) is 3.29. The number of nitrogens with zero attached hydrogens (tertiary/aromatic N) is 2. The van der Waals surface area contributed by atoms with Gasteiger partial charge in [0.25, 0.3) is 0 Å². The molecular weight excluding hydrogens is 333 g/mol. The van der Waals surface area contributed by atoms with Crippen molar-refractivity contribution in [2.75, 3.05) is 0 Å². The van der Waals surface area contributed by atoms with Crippen LogP contribution >= 0.6 is 23.2 Å². The molecule has 0 spiro atoms. The molecule has 6 heteroatoms. The summed E-state index contributed by atoms with van der Waals surface area (Å²) in [6, 6.07) is 13.7. The standard InChI is InChI=1S/C17H9Cl2N3O/c18-13-6-5-12(7-14(13)19)16(23)15-9-21-17(22-15)11-3-1-10(8-20)2-4-11/h1-7,9H,(H,21,22). The summed E-state index contributed by atoms with van der Waals surface area (Å²) in [5, 5.41) is 9.52. The summed E-state index contributed by atoms with van der Waals surface area (Å²) in [5.74, 6) is 0.328. The highest BCUT2D eigenvalue weighted by molar-refractivity contribution is 6.42. The maximum absolute atomic E-state index is 12.4. The smallest absolute Gasteiger partial charge is 0.210 e. The first-order chi connectivity index (χ1) is 11.1. The molecule has 0 bridgehead atoms. The second-order valence-corrected chi connectivity index (χ2v) is 5.61. The number of imidazole rings is 1. The van der Waals surface area contributed by atoms with Gasteiger partial charge in [0.05, 0.1) is 27.9 Å². The number of ketones is 1. The molecule has 0 aliphatic heterocycles. The number of rotatable bonds is 3. The Bertz CT molecular complexity index is 924. The van der Waals surface area contributed by atoms with E-state index in [0.717, 1.165) is 5.56 Å². The maximum Gasteiger partial charge on any atom is 0.210 e. The van der Waals surface area contributed by atoms with Crippen LogP contribution in [0.25, 0.3) is 11.4 Å². The molecule has 0 radical (unpaired) electrons. The molecule has 112 valence electrons. The molecule has 2 aromatic carbocycles. The van der Waals surface area contributed by atoms with Crippen LogP contribution in [0.1, 0.15) is 21.6 Å². The van der Waals surface area contributed by atoms with E-state index >= 15 is 0 Å². The summed E-state index contributed by atoms with van der Waals surface area (Å²) in [6.07, 6.45) is 1.47. The molecule has 0 fully saturated rings. The highest BCUT2D eigenvalue weighted by Gasteiger charge is 2.14. The van der Waals surface area contributed by atoms with Gasteiger partial charge in [0.1, 0.15) is 11.5 Å². The SMILES string of the molecule is N#Cc1ccc(-c2ncc(C(=O)c3ccc(Cl)c(Cl)c3)[nH]2)cc1. The molecule has 3 aromatic rings. The molecule has 0 amide bonds. The van der Waals surface area contributed by atoms with Gasteiger partial charge in [-0.3, -0.25) is 4.79 Å². The minimum atomic E-state index is -0.226. The maximum atomic E-state index is 12.4. The highest BCUT2D eigenvalue weighted by atomic mass is 35.5. The number of halogens is 2. The number of aromatic nitrogens is 2. The fourth-order valence-corrected chi connectivity index (χ4v) is 2.38. The Morgan fingerprint density at radius 2 is 1.83 bits per heavy atom. The molecule has 0 saturated heterocycles. The van der Waals surface area contributed by atoms with Crippen LogP contribution in [0.5, 0.6) is 0 Å². The number of benzene rings is 2. The fourth-order valence-electron chi connectivity index (χ4n) is 2.08. The van der Waals surface area contributed by atoms with Gasteiger partial charge in [-0.1, -0.05) is 23.2 Å². The number of carbonyl (C=O) groups excluding carboxylic acids is 1. The second kappa shape index (κ2) is 6.25. The first-order valence-corrected chi connectivity index (χ1v) is 7.39. The lowest BCUT2D eigenvalue weighted by atomic mass is 10.1. The Hall–Kier alpha value is -2.61. The molecule has 4 nitrogen and oxygen atoms in total. The van der Waals surface area contributed by atoms with Crippen LogP contribution in [-0.4, -0.2) is 15.8 Å². The van der Waals surface area contributed by atoms with Crippen molar-refractivity contribution in [3.63, 3.8) is 0 Å². The lowest BCUT2D eigenvalue weighted by molar-refractivity contribution is 0.103. The van der Waals surface area contributed by atoms with Crippen molar-refractivity contribution in [1.29, 1.82) is 5.26 Å². The van der Waals surface area contributed by atoms with Gasteiger partial charge in [-0.25, -0.2) is 4.98 Å². The topological polar surface area (TPSA) is 69.5 Å². The van der Waals surface area contributed by atoms with E-state index in [-0.39, 0.29) is 5.78 Å². The average Bonchev–Trinajstić information content (AvgIpc) is 3.07. The number of hydrogen-bond donors (Lipinski definition) is 1. The van der Waals surface area contributed by atoms with Crippen molar-refractivity contribution in [2.24, 2.45) is 0 Å². The largest absolute Gasteiger partial charge is 0.335 e. The van der Waals surface area contributed by atoms with Crippen LogP contribution in [0.3, 0.4) is 0 Å². The summed E-state index contributed by atoms with van der Waals surface area (Å²) < 4.78 is 0. The van der Waals surface area contributed by atoms with Gasteiger partial charge >= 0.3 is 0 Å². The van der Waals surface area contributed by atoms with Gasteiger partial charge in [0, 0.05) is 11.1 Å². The van der Waals surface area contributed by atoms with Gasteiger partial charge in [-0.05, 0) is 42.5 Å². The van der Waals surface area contributed by atoms with E-state index in [1.807, 2.05) is 0 Å². The number of nitriles is 1. The number of carbonyl (C=O) groups is 1. The van der Waals surface area contributed by atoms with Crippen LogP contribution in [-0.2, 0) is 0 Å². The quantitative estimate of drug-likeness (QED) is 0.713. The third-order valence-corrected chi connectivity index (χ3v) is 4.03. The summed E-state index contributed by atoms with van der Waals surface area (Å²) in [7, 11) is 0. The Morgan fingerprint density at radius 3 is 2.48 bits per heavy atom. The van der Waals surface area contributed by atoms with E-state index in [1.54, 1.807) is 36.4 Å². The predicted molar refractivity (Wildman–Crippen MR) is 88.6 cm³/mol. The molecule has 0 aliphatic carbocycles. The van der Waals surface area contributed by atoms with Gasteiger partial charge in [-0.2, -0.15) is 5.26 Å². The van der Waals surface area contributed by atoms with E-state index in [0.29, 0.717) is 32.7 Å². The molecule has 23 heavy (non-hydrogen) atoms. The van der Waals surface area contributed by atoms with Crippen LogP contribution in [0.2, 0.25) is 10.0 Å². The van der Waals surface area contributed by atoms with Crippen molar-refractivity contribution in [3.8, 4) is 17.5 Å². The first-order valence-electron chi connectivity index (χ1n) is 6.64. The van der Waals surface area contributed by atoms with Gasteiger partial charge in [0.15, 0.2) is 0 Å². The molecule has 0 atom stereocenters. The van der Waals surface area contributed by atoms with E-state index in [1.165, 1.54) is 12.3 Å². The zero-order valence-electron chi connectivity index (χ0n) is 11.7. The fraction of sp³-hybridized carbons (Fsp3) is 0. The van der Waals surface area contributed by atoms with Crippen LogP contribution in [0.4, 0.5) is 0 Å². The second-order valence-electron chi connectivity index (χ2n) is 4.79. The lowest BCUT2D eigenvalue weighted by Crippen LogP contribution is -2.01. The molecule has 0 saturated carbocycles.